The summed E-state index contributed by atoms with van der Waals surface area (Å²) in [6.45, 7) is 12.2. The largest absolute Gasteiger partial charge is 0.489 e. The minimum Gasteiger partial charge on any atom is -0.489 e. The van der Waals surface area contributed by atoms with Crippen molar-refractivity contribution in [3.63, 3.8) is 0 Å². The highest BCUT2D eigenvalue weighted by atomic mass is 16.5. The lowest BCUT2D eigenvalue weighted by Gasteiger charge is -2.33. The molecule has 0 saturated carbocycles. The lowest BCUT2D eigenvalue weighted by molar-refractivity contribution is -0.147. The molecule has 9 nitrogen and oxygen atoms in total. The SMILES string of the molecule is CC[C@@H]1CN(Cc2cc(C(c3ccc4c(nnn4C)c3C)C(C)(C)C(=O)O)ccc2C)Cc2cc3[nH]ncc3cc2O1. The summed E-state index contributed by atoms with van der Waals surface area (Å²) < 4.78 is 8.21. The number of carbonyl (C=O) groups is 1. The van der Waals surface area contributed by atoms with Gasteiger partial charge in [0.15, 0.2) is 0 Å². The number of hydrogen-bond donors (Lipinski definition) is 2. The molecule has 0 saturated heterocycles. The van der Waals surface area contributed by atoms with Crippen LogP contribution in [-0.4, -0.2) is 53.8 Å². The van der Waals surface area contributed by atoms with Crippen LogP contribution in [0.5, 0.6) is 5.75 Å². The van der Waals surface area contributed by atoms with Crippen molar-refractivity contribution in [1.29, 1.82) is 0 Å². The van der Waals surface area contributed by atoms with Crippen LogP contribution in [-0.2, 0) is 24.9 Å². The molecule has 2 N–H and O–H groups in total. The highest BCUT2D eigenvalue weighted by molar-refractivity contribution is 5.82. The van der Waals surface area contributed by atoms with Gasteiger partial charge in [-0.3, -0.25) is 14.8 Å². The first kappa shape index (κ1) is 27.9. The molecular weight excluding hydrogens is 528 g/mol. The Kier molecular flexibility index (Phi) is 7.01. The Labute approximate surface area is 245 Å². The van der Waals surface area contributed by atoms with Crippen LogP contribution >= 0.6 is 0 Å². The molecule has 218 valence electrons. The molecule has 5 aromatic rings. The van der Waals surface area contributed by atoms with Gasteiger partial charge in [-0.2, -0.15) is 5.10 Å². The maximum absolute atomic E-state index is 12.7. The van der Waals surface area contributed by atoms with Crippen LogP contribution in [0.25, 0.3) is 21.9 Å². The van der Waals surface area contributed by atoms with E-state index in [9.17, 15) is 9.90 Å². The number of nitrogens with zero attached hydrogens (tertiary/aromatic N) is 5. The standard InChI is InChI=1S/C33H38N6O3/c1-7-25-18-39(17-24-13-27-22(15-34-35-27)14-29(24)42-25)16-23-12-21(9-8-19(23)2)30(33(4,5)32(40)41)26-10-11-28-31(20(26)3)36-37-38(28)6/h8-15,25,30H,7,16-18H2,1-6H3,(H,34,35)(H,40,41)/t25-,30?/m1/s1. The Balaban J connectivity index is 1.40. The number of aromatic nitrogens is 5. The topological polar surface area (TPSA) is 109 Å². The number of fused-ring (bicyclic) bond motifs is 3. The second-order valence-corrected chi connectivity index (χ2v) is 12.2. The number of H-pyrrole nitrogens is 1. The lowest BCUT2D eigenvalue weighted by atomic mass is 9.69. The molecule has 0 spiro atoms. The van der Waals surface area contributed by atoms with E-state index in [4.69, 9.17) is 4.74 Å². The Morgan fingerprint density at radius 2 is 2.00 bits per heavy atom. The van der Waals surface area contributed by atoms with Crippen LogP contribution in [0.15, 0.2) is 48.7 Å². The summed E-state index contributed by atoms with van der Waals surface area (Å²) in [5.74, 6) is -0.307. The van der Waals surface area contributed by atoms with Crippen molar-refractivity contribution in [2.75, 3.05) is 6.54 Å². The van der Waals surface area contributed by atoms with E-state index < -0.39 is 11.4 Å². The molecule has 2 aromatic heterocycles. The Morgan fingerprint density at radius 1 is 1.19 bits per heavy atom. The van der Waals surface area contributed by atoms with E-state index >= 15 is 0 Å². The van der Waals surface area contributed by atoms with Crippen molar-refractivity contribution >= 4 is 27.9 Å². The first-order chi connectivity index (χ1) is 20.1. The van der Waals surface area contributed by atoms with Crippen molar-refractivity contribution in [3.05, 3.63) is 82.0 Å². The number of aliphatic carboxylic acids is 1. The fourth-order valence-electron chi connectivity index (χ4n) is 6.34. The molecule has 2 atom stereocenters. The minimum atomic E-state index is -1.06. The number of aromatic amines is 1. The van der Waals surface area contributed by atoms with Gasteiger partial charge in [0.25, 0.3) is 0 Å². The summed E-state index contributed by atoms with van der Waals surface area (Å²) in [5.41, 5.74) is 8.04. The van der Waals surface area contributed by atoms with Crippen molar-refractivity contribution < 1.29 is 14.6 Å². The molecule has 6 rings (SSSR count). The normalized spacial score (nSPS) is 16.8. The van der Waals surface area contributed by atoms with Gasteiger partial charge in [0.1, 0.15) is 17.4 Å². The van der Waals surface area contributed by atoms with Crippen LogP contribution in [0.1, 0.15) is 66.5 Å². The maximum atomic E-state index is 12.7. The van der Waals surface area contributed by atoms with Crippen molar-refractivity contribution in [3.8, 4) is 5.75 Å². The number of hydrogen-bond acceptors (Lipinski definition) is 6. The number of aryl methyl sites for hydroxylation is 3. The zero-order valence-electron chi connectivity index (χ0n) is 25.1. The van der Waals surface area contributed by atoms with Gasteiger partial charge in [-0.15, -0.1) is 5.10 Å². The minimum absolute atomic E-state index is 0.0686. The van der Waals surface area contributed by atoms with Gasteiger partial charge >= 0.3 is 5.97 Å². The second kappa shape index (κ2) is 10.5. The van der Waals surface area contributed by atoms with Gasteiger partial charge in [-0.1, -0.05) is 36.4 Å². The van der Waals surface area contributed by atoms with Crippen LogP contribution in [0, 0.1) is 19.3 Å². The molecule has 0 radical (unpaired) electrons. The van der Waals surface area contributed by atoms with Gasteiger partial charge in [0.2, 0.25) is 0 Å². The van der Waals surface area contributed by atoms with E-state index in [1.165, 1.54) is 11.1 Å². The summed E-state index contributed by atoms with van der Waals surface area (Å²) >= 11 is 0. The molecule has 3 heterocycles. The number of carboxylic acids is 1. The summed E-state index contributed by atoms with van der Waals surface area (Å²) in [5, 5.41) is 27.3. The van der Waals surface area contributed by atoms with E-state index in [2.05, 4.69) is 69.6 Å². The number of rotatable bonds is 7. The summed E-state index contributed by atoms with van der Waals surface area (Å²) in [6, 6.07) is 14.7. The molecule has 42 heavy (non-hydrogen) atoms. The zero-order valence-corrected chi connectivity index (χ0v) is 25.1. The Morgan fingerprint density at radius 3 is 2.76 bits per heavy atom. The average molecular weight is 567 g/mol. The molecule has 0 fully saturated rings. The Bertz CT molecular complexity index is 1800. The predicted octanol–water partition coefficient (Wildman–Crippen LogP) is 5.88. The number of nitrogens with one attached hydrogen (secondary N) is 1. The lowest BCUT2D eigenvalue weighted by Crippen LogP contribution is -2.33. The number of carboxylic acid groups (broad SMARTS) is 1. The first-order valence-electron chi connectivity index (χ1n) is 14.5. The molecule has 0 bridgehead atoms. The molecule has 1 aliphatic heterocycles. The van der Waals surface area contributed by atoms with Gasteiger partial charge in [-0.25, -0.2) is 4.68 Å². The van der Waals surface area contributed by atoms with E-state index in [1.807, 2.05) is 46.1 Å². The molecule has 0 aliphatic carbocycles. The highest BCUT2D eigenvalue weighted by Crippen LogP contribution is 2.44. The van der Waals surface area contributed by atoms with Crippen molar-refractivity contribution in [2.45, 2.75) is 66.2 Å². The van der Waals surface area contributed by atoms with Gasteiger partial charge in [0.05, 0.1) is 22.6 Å². The fourth-order valence-corrected chi connectivity index (χ4v) is 6.34. The average Bonchev–Trinajstić information content (AvgIpc) is 3.52. The van der Waals surface area contributed by atoms with Crippen LogP contribution in [0.2, 0.25) is 0 Å². The number of benzene rings is 3. The third-order valence-electron chi connectivity index (χ3n) is 8.99. The highest BCUT2D eigenvalue weighted by Gasteiger charge is 2.40. The number of ether oxygens (including phenoxy) is 1. The Hall–Kier alpha value is -4.24. The van der Waals surface area contributed by atoms with Gasteiger partial charge in [0, 0.05) is 43.5 Å². The van der Waals surface area contributed by atoms with Crippen LogP contribution in [0.4, 0.5) is 0 Å². The maximum Gasteiger partial charge on any atom is 0.310 e. The first-order valence-corrected chi connectivity index (χ1v) is 14.5. The van der Waals surface area contributed by atoms with Crippen LogP contribution in [0.3, 0.4) is 0 Å². The third kappa shape index (κ3) is 4.81. The molecule has 3 aromatic carbocycles. The molecular formula is C33H38N6O3. The van der Waals surface area contributed by atoms with Crippen LogP contribution < -0.4 is 4.74 Å². The predicted molar refractivity (Wildman–Crippen MR) is 163 cm³/mol. The van der Waals surface area contributed by atoms with Gasteiger partial charge in [-0.05, 0) is 80.1 Å². The third-order valence-corrected chi connectivity index (χ3v) is 8.99. The molecule has 0 amide bonds. The van der Waals surface area contributed by atoms with E-state index in [1.54, 1.807) is 4.68 Å². The van der Waals surface area contributed by atoms with E-state index in [0.29, 0.717) is 0 Å². The van der Waals surface area contributed by atoms with E-state index in [0.717, 1.165) is 76.0 Å². The summed E-state index contributed by atoms with van der Waals surface area (Å²) in [4.78, 5) is 15.1. The second-order valence-electron chi connectivity index (χ2n) is 12.2. The fraction of sp³-hybridized carbons (Fsp3) is 0.394. The monoisotopic (exact) mass is 566 g/mol. The molecule has 1 unspecified atom stereocenters. The zero-order chi connectivity index (χ0) is 29.8. The smallest absolute Gasteiger partial charge is 0.310 e. The quantitative estimate of drug-likeness (QED) is 0.253. The van der Waals surface area contributed by atoms with Gasteiger partial charge < -0.3 is 9.84 Å². The summed E-state index contributed by atoms with van der Waals surface area (Å²) in [6.07, 6.45) is 2.80. The van der Waals surface area contributed by atoms with Crippen molar-refractivity contribution in [2.24, 2.45) is 12.5 Å². The summed E-state index contributed by atoms with van der Waals surface area (Å²) in [7, 11) is 1.87. The van der Waals surface area contributed by atoms with E-state index in [-0.39, 0.29) is 12.0 Å². The molecule has 1 aliphatic rings. The van der Waals surface area contributed by atoms with Crippen molar-refractivity contribution in [1.82, 2.24) is 30.1 Å². The molecule has 9 heteroatoms.